The van der Waals surface area contributed by atoms with Crippen LogP contribution in [0.2, 0.25) is 5.02 Å². The topological polar surface area (TPSA) is 63.1 Å². The van der Waals surface area contributed by atoms with Gasteiger partial charge in [0.05, 0.1) is 11.7 Å². The van der Waals surface area contributed by atoms with Gasteiger partial charge in [-0.05, 0) is 42.3 Å². The van der Waals surface area contributed by atoms with E-state index < -0.39 is 0 Å². The fourth-order valence-corrected chi connectivity index (χ4v) is 3.76. The third kappa shape index (κ3) is 3.90. The first-order chi connectivity index (χ1) is 13.1. The second kappa shape index (κ2) is 8.73. The lowest BCUT2D eigenvalue weighted by atomic mass is 10.00. The van der Waals surface area contributed by atoms with Crippen LogP contribution in [0.4, 0.5) is 0 Å². The molecule has 28 heavy (non-hydrogen) atoms. The first-order valence-corrected chi connectivity index (χ1v) is 9.24. The first kappa shape index (κ1) is 20.3. The molecular weight excluding hydrogens is 397 g/mol. The number of nitrogens with one attached hydrogen (secondary N) is 1. The number of hydrogen-bond acceptors (Lipinski definition) is 4. The summed E-state index contributed by atoms with van der Waals surface area (Å²) >= 11 is 6.40. The molecule has 1 atom stereocenters. The molecule has 0 saturated carbocycles. The Bertz CT molecular complexity index is 961. The summed E-state index contributed by atoms with van der Waals surface area (Å²) in [7, 11) is 0. The highest BCUT2D eigenvalue weighted by Crippen LogP contribution is 2.30. The number of carbonyl (C=O) groups excluding carboxylic acids is 1. The van der Waals surface area contributed by atoms with Crippen molar-refractivity contribution in [3.63, 3.8) is 0 Å². The summed E-state index contributed by atoms with van der Waals surface area (Å²) in [6.45, 7) is 4.04. The van der Waals surface area contributed by atoms with Crippen LogP contribution in [0.5, 0.6) is 0 Å². The Balaban J connectivity index is 0.00000225. The van der Waals surface area contributed by atoms with E-state index >= 15 is 0 Å². The Labute approximate surface area is 174 Å². The summed E-state index contributed by atoms with van der Waals surface area (Å²) in [6.07, 6.45) is 3.13. The van der Waals surface area contributed by atoms with Gasteiger partial charge in [0.25, 0.3) is 5.91 Å². The Morgan fingerprint density at radius 3 is 2.79 bits per heavy atom. The van der Waals surface area contributed by atoms with Gasteiger partial charge in [-0.1, -0.05) is 29.8 Å². The number of benzene rings is 2. The van der Waals surface area contributed by atoms with Crippen LogP contribution in [0.25, 0.3) is 5.69 Å². The van der Waals surface area contributed by atoms with Crippen LogP contribution in [-0.4, -0.2) is 45.2 Å². The molecule has 1 unspecified atom stereocenters. The molecule has 2 heterocycles. The molecule has 1 fully saturated rings. The van der Waals surface area contributed by atoms with E-state index in [-0.39, 0.29) is 24.4 Å². The SMILES string of the molecule is Cc1cc(-n2cncn2)ccc1C(=O)N1CCNCC1c1ccccc1Cl.Cl. The van der Waals surface area contributed by atoms with Crippen LogP contribution < -0.4 is 5.32 Å². The molecule has 1 aliphatic heterocycles. The number of amides is 1. The fourth-order valence-electron chi connectivity index (χ4n) is 3.50. The molecule has 4 rings (SSSR count). The van der Waals surface area contributed by atoms with Gasteiger partial charge in [-0.3, -0.25) is 4.79 Å². The molecular formula is C20H21Cl2N5O. The van der Waals surface area contributed by atoms with Crippen molar-refractivity contribution in [1.29, 1.82) is 0 Å². The van der Waals surface area contributed by atoms with Crippen molar-refractivity contribution in [2.75, 3.05) is 19.6 Å². The second-order valence-electron chi connectivity index (χ2n) is 6.58. The molecule has 3 aromatic rings. The monoisotopic (exact) mass is 417 g/mol. The van der Waals surface area contributed by atoms with Crippen LogP contribution in [0, 0.1) is 6.92 Å². The van der Waals surface area contributed by atoms with Crippen LogP contribution >= 0.6 is 24.0 Å². The molecule has 2 aromatic carbocycles. The molecule has 1 aromatic heterocycles. The molecule has 1 saturated heterocycles. The van der Waals surface area contributed by atoms with Gasteiger partial charge < -0.3 is 10.2 Å². The fraction of sp³-hybridized carbons (Fsp3) is 0.250. The van der Waals surface area contributed by atoms with Crippen molar-refractivity contribution in [2.45, 2.75) is 13.0 Å². The molecule has 0 aliphatic carbocycles. The van der Waals surface area contributed by atoms with Crippen molar-refractivity contribution in [2.24, 2.45) is 0 Å². The summed E-state index contributed by atoms with van der Waals surface area (Å²) in [6, 6.07) is 13.3. The minimum absolute atomic E-state index is 0. The van der Waals surface area contributed by atoms with Crippen molar-refractivity contribution in [3.8, 4) is 5.69 Å². The number of aromatic nitrogens is 3. The van der Waals surface area contributed by atoms with E-state index in [2.05, 4.69) is 15.4 Å². The molecule has 0 spiro atoms. The lowest BCUT2D eigenvalue weighted by molar-refractivity contribution is 0.0633. The van der Waals surface area contributed by atoms with Crippen molar-refractivity contribution < 1.29 is 4.79 Å². The molecule has 1 N–H and O–H groups in total. The predicted octanol–water partition coefficient (Wildman–Crippen LogP) is 3.44. The molecule has 146 valence electrons. The van der Waals surface area contributed by atoms with E-state index in [1.807, 2.05) is 54.3 Å². The van der Waals surface area contributed by atoms with Gasteiger partial charge >= 0.3 is 0 Å². The van der Waals surface area contributed by atoms with Gasteiger partial charge in [-0.2, -0.15) is 5.10 Å². The average molecular weight is 418 g/mol. The third-order valence-electron chi connectivity index (χ3n) is 4.89. The molecule has 0 radical (unpaired) electrons. The number of rotatable bonds is 3. The average Bonchev–Trinajstić information content (AvgIpc) is 3.23. The maximum absolute atomic E-state index is 13.3. The summed E-state index contributed by atoms with van der Waals surface area (Å²) in [4.78, 5) is 19.2. The highest BCUT2D eigenvalue weighted by atomic mass is 35.5. The maximum Gasteiger partial charge on any atom is 0.254 e. The minimum atomic E-state index is -0.0886. The van der Waals surface area contributed by atoms with Crippen LogP contribution in [0.1, 0.15) is 27.5 Å². The highest BCUT2D eigenvalue weighted by Gasteiger charge is 2.30. The molecule has 6 nitrogen and oxygen atoms in total. The summed E-state index contributed by atoms with van der Waals surface area (Å²) in [5, 5.41) is 8.19. The zero-order valence-corrected chi connectivity index (χ0v) is 17.0. The zero-order valence-electron chi connectivity index (χ0n) is 15.4. The first-order valence-electron chi connectivity index (χ1n) is 8.87. The molecule has 1 aliphatic rings. The lowest BCUT2D eigenvalue weighted by Crippen LogP contribution is -2.48. The largest absolute Gasteiger partial charge is 0.329 e. The van der Waals surface area contributed by atoms with E-state index in [1.54, 1.807) is 11.0 Å². The Kier molecular flexibility index (Phi) is 6.34. The zero-order chi connectivity index (χ0) is 18.8. The smallest absolute Gasteiger partial charge is 0.254 e. The third-order valence-corrected chi connectivity index (χ3v) is 5.24. The number of aryl methyl sites for hydroxylation is 1. The number of hydrogen-bond donors (Lipinski definition) is 1. The maximum atomic E-state index is 13.3. The summed E-state index contributed by atoms with van der Waals surface area (Å²) in [5.41, 5.74) is 3.45. The van der Waals surface area contributed by atoms with Gasteiger partial charge in [0.1, 0.15) is 12.7 Å². The van der Waals surface area contributed by atoms with E-state index in [1.165, 1.54) is 6.33 Å². The Hall–Kier alpha value is -2.41. The quantitative estimate of drug-likeness (QED) is 0.708. The number of piperazine rings is 1. The normalized spacial score (nSPS) is 16.5. The minimum Gasteiger partial charge on any atom is -0.329 e. The molecule has 8 heteroatoms. The molecule has 0 bridgehead atoms. The van der Waals surface area contributed by atoms with Crippen LogP contribution in [0.15, 0.2) is 55.1 Å². The Morgan fingerprint density at radius 2 is 2.07 bits per heavy atom. The van der Waals surface area contributed by atoms with Crippen molar-refractivity contribution >= 4 is 29.9 Å². The van der Waals surface area contributed by atoms with E-state index in [4.69, 9.17) is 11.6 Å². The highest BCUT2D eigenvalue weighted by molar-refractivity contribution is 6.31. The number of nitrogens with zero attached hydrogens (tertiary/aromatic N) is 4. The second-order valence-corrected chi connectivity index (χ2v) is 6.99. The van der Waals surface area contributed by atoms with Gasteiger partial charge in [0.2, 0.25) is 0 Å². The van der Waals surface area contributed by atoms with E-state index in [9.17, 15) is 4.79 Å². The van der Waals surface area contributed by atoms with Gasteiger partial charge in [-0.15, -0.1) is 12.4 Å². The summed E-state index contributed by atoms with van der Waals surface area (Å²) < 4.78 is 1.68. The van der Waals surface area contributed by atoms with Gasteiger partial charge in [0, 0.05) is 30.2 Å². The summed E-state index contributed by atoms with van der Waals surface area (Å²) in [5.74, 6) is 0.0176. The van der Waals surface area contributed by atoms with Crippen molar-refractivity contribution in [3.05, 3.63) is 76.8 Å². The van der Waals surface area contributed by atoms with E-state index in [0.29, 0.717) is 23.7 Å². The van der Waals surface area contributed by atoms with E-state index in [0.717, 1.165) is 23.4 Å². The van der Waals surface area contributed by atoms with Gasteiger partial charge in [-0.25, -0.2) is 9.67 Å². The standard InChI is InChI=1S/C20H20ClN5O.ClH/c1-14-10-15(26-13-23-12-24-26)6-7-16(14)20(27)25-9-8-22-11-19(25)17-4-2-3-5-18(17)21;/h2-7,10,12-13,19,22H,8-9,11H2,1H3;1H. The molecule has 1 amide bonds. The predicted molar refractivity (Wildman–Crippen MR) is 111 cm³/mol. The van der Waals surface area contributed by atoms with Crippen molar-refractivity contribution in [1.82, 2.24) is 25.0 Å². The number of carbonyl (C=O) groups is 1. The lowest BCUT2D eigenvalue weighted by Gasteiger charge is -2.37. The van der Waals surface area contributed by atoms with Crippen LogP contribution in [-0.2, 0) is 0 Å². The Morgan fingerprint density at radius 1 is 1.25 bits per heavy atom. The van der Waals surface area contributed by atoms with Gasteiger partial charge in [0.15, 0.2) is 0 Å². The number of halogens is 2. The van der Waals surface area contributed by atoms with Crippen LogP contribution in [0.3, 0.4) is 0 Å².